The summed E-state index contributed by atoms with van der Waals surface area (Å²) in [6, 6.07) is 14.6. The zero-order valence-electron chi connectivity index (χ0n) is 17.4. The third-order valence-electron chi connectivity index (χ3n) is 8.17. The van der Waals surface area contributed by atoms with Crippen molar-refractivity contribution in [3.8, 4) is 11.5 Å². The summed E-state index contributed by atoms with van der Waals surface area (Å²) in [4.78, 5) is 14.7. The second kappa shape index (κ2) is 6.24. The van der Waals surface area contributed by atoms with E-state index in [1.807, 2.05) is 18.2 Å². The van der Waals surface area contributed by atoms with Crippen LogP contribution in [0, 0.1) is 5.92 Å². The van der Waals surface area contributed by atoms with Crippen LogP contribution >= 0.6 is 0 Å². The molecule has 4 aliphatic rings. The van der Waals surface area contributed by atoms with Gasteiger partial charge in [0.15, 0.2) is 11.5 Å². The van der Waals surface area contributed by atoms with Crippen LogP contribution in [0.3, 0.4) is 0 Å². The molecule has 1 saturated carbocycles. The molecule has 30 heavy (non-hydrogen) atoms. The fourth-order valence-corrected chi connectivity index (χ4v) is 7.04. The van der Waals surface area contributed by atoms with Gasteiger partial charge in [-0.15, -0.1) is 0 Å². The third-order valence-corrected chi connectivity index (χ3v) is 8.17. The van der Waals surface area contributed by atoms with Gasteiger partial charge in [-0.05, 0) is 56.0 Å². The minimum atomic E-state index is -0.372. The van der Waals surface area contributed by atoms with E-state index in [4.69, 9.17) is 9.47 Å². The first kappa shape index (κ1) is 18.3. The average Bonchev–Trinajstić information content (AvgIpc) is 3.09. The number of piperidine rings is 1. The molecule has 6 rings (SSSR count). The summed E-state index contributed by atoms with van der Waals surface area (Å²) in [5.74, 6) is 1.02. The lowest BCUT2D eigenvalue weighted by Crippen LogP contribution is -2.68. The zero-order valence-corrected chi connectivity index (χ0v) is 17.4. The molecule has 2 aliphatic heterocycles. The van der Waals surface area contributed by atoms with E-state index in [2.05, 4.69) is 30.1 Å². The molecule has 6 atom stereocenters. The molecular formula is C25H27NO4. The van der Waals surface area contributed by atoms with Crippen LogP contribution < -0.4 is 4.74 Å². The summed E-state index contributed by atoms with van der Waals surface area (Å²) >= 11 is 0. The summed E-state index contributed by atoms with van der Waals surface area (Å²) in [5, 5.41) is 10.7. The molecule has 0 amide bonds. The number of rotatable bonds is 2. The molecule has 0 unspecified atom stereocenters. The van der Waals surface area contributed by atoms with Crippen molar-refractivity contribution in [1.82, 2.24) is 4.90 Å². The smallest absolute Gasteiger partial charge is 0.303 e. The molecule has 1 saturated heterocycles. The Bertz CT molecular complexity index is 1020. The minimum absolute atomic E-state index is 0.0743. The Hall–Kier alpha value is -2.53. The highest BCUT2D eigenvalue weighted by Crippen LogP contribution is 2.65. The number of nitrogens with zero attached hydrogens (tertiary/aromatic N) is 1. The maximum atomic E-state index is 12.2. The highest BCUT2D eigenvalue weighted by Gasteiger charge is 2.68. The van der Waals surface area contributed by atoms with E-state index >= 15 is 0 Å². The topological polar surface area (TPSA) is 59.0 Å². The van der Waals surface area contributed by atoms with Gasteiger partial charge in [-0.2, -0.15) is 0 Å². The van der Waals surface area contributed by atoms with Gasteiger partial charge in [0.25, 0.3) is 0 Å². The molecule has 2 fully saturated rings. The van der Waals surface area contributed by atoms with Crippen molar-refractivity contribution in [2.45, 2.75) is 55.8 Å². The van der Waals surface area contributed by atoms with Gasteiger partial charge in [-0.1, -0.05) is 36.4 Å². The number of esters is 1. The number of ether oxygens (including phenoxy) is 2. The number of carbonyl (C=O) groups excluding carboxylic acids is 1. The predicted octanol–water partition coefficient (Wildman–Crippen LogP) is 3.39. The molecule has 2 heterocycles. The van der Waals surface area contributed by atoms with E-state index < -0.39 is 0 Å². The van der Waals surface area contributed by atoms with E-state index in [9.17, 15) is 9.90 Å². The van der Waals surface area contributed by atoms with Crippen LogP contribution in [0.2, 0.25) is 0 Å². The zero-order chi connectivity index (χ0) is 20.6. The number of hydrogen-bond acceptors (Lipinski definition) is 5. The van der Waals surface area contributed by atoms with Gasteiger partial charge in [-0.3, -0.25) is 4.79 Å². The van der Waals surface area contributed by atoms with Crippen LogP contribution in [0.5, 0.6) is 11.5 Å². The van der Waals surface area contributed by atoms with E-state index in [-0.39, 0.29) is 35.3 Å². The predicted molar refractivity (Wildman–Crippen MR) is 112 cm³/mol. The van der Waals surface area contributed by atoms with Gasteiger partial charge in [0.05, 0.1) is 0 Å². The van der Waals surface area contributed by atoms with E-state index in [0.29, 0.717) is 17.7 Å². The number of phenolic OH excluding ortho intramolecular Hbond substituents is 1. The van der Waals surface area contributed by atoms with Crippen molar-refractivity contribution >= 4 is 5.97 Å². The highest BCUT2D eigenvalue weighted by atomic mass is 16.6. The van der Waals surface area contributed by atoms with E-state index in [1.54, 1.807) is 6.07 Å². The Kier molecular flexibility index (Phi) is 3.80. The standard InChI is InChI=1S/C25H27NO4/c1-14(27)29-22-17(15-6-4-3-5-7-15)13-18-19-12-16-8-9-20(28)23-21(16)25(18,24(22)30-23)10-11-26(19)2/h3-9,17-19,22,24,28H,10-13H2,1-2H3/t17-,18+,19-,22+,24+,25+/m1/s1. The Balaban J connectivity index is 1.57. The molecule has 2 aromatic rings. The van der Waals surface area contributed by atoms with Gasteiger partial charge < -0.3 is 19.5 Å². The van der Waals surface area contributed by atoms with Crippen LogP contribution in [0.25, 0.3) is 0 Å². The monoisotopic (exact) mass is 405 g/mol. The Morgan fingerprint density at radius 3 is 2.80 bits per heavy atom. The van der Waals surface area contributed by atoms with Gasteiger partial charge in [0.1, 0.15) is 12.2 Å². The molecule has 1 spiro atoms. The van der Waals surface area contributed by atoms with Crippen LogP contribution in [-0.4, -0.2) is 47.8 Å². The Labute approximate surface area is 176 Å². The minimum Gasteiger partial charge on any atom is -0.504 e. The van der Waals surface area contributed by atoms with Crippen LogP contribution in [0.4, 0.5) is 0 Å². The largest absolute Gasteiger partial charge is 0.504 e. The van der Waals surface area contributed by atoms with Crippen molar-refractivity contribution in [2.75, 3.05) is 13.6 Å². The Morgan fingerprint density at radius 2 is 2.03 bits per heavy atom. The number of carbonyl (C=O) groups is 1. The Morgan fingerprint density at radius 1 is 1.23 bits per heavy atom. The fourth-order valence-electron chi connectivity index (χ4n) is 7.04. The molecule has 1 N–H and O–H groups in total. The first-order chi connectivity index (χ1) is 14.5. The highest BCUT2D eigenvalue weighted by molar-refractivity contribution is 5.67. The maximum absolute atomic E-state index is 12.2. The van der Waals surface area contributed by atoms with Gasteiger partial charge >= 0.3 is 5.97 Å². The quantitative estimate of drug-likeness (QED) is 0.777. The van der Waals surface area contributed by atoms with Gasteiger partial charge in [0, 0.05) is 29.9 Å². The lowest BCUT2D eigenvalue weighted by Gasteiger charge is -2.60. The summed E-state index contributed by atoms with van der Waals surface area (Å²) in [6.45, 7) is 2.47. The van der Waals surface area contributed by atoms with Gasteiger partial charge in [0.2, 0.25) is 0 Å². The number of aromatic hydroxyl groups is 1. The maximum Gasteiger partial charge on any atom is 0.303 e. The molecule has 2 aliphatic carbocycles. The molecule has 5 heteroatoms. The van der Waals surface area contributed by atoms with Gasteiger partial charge in [-0.25, -0.2) is 0 Å². The van der Waals surface area contributed by atoms with Crippen LogP contribution in [-0.2, 0) is 21.4 Å². The van der Waals surface area contributed by atoms with Crippen LogP contribution in [0.15, 0.2) is 42.5 Å². The lowest BCUT2D eigenvalue weighted by atomic mass is 9.49. The normalized spacial score (nSPS) is 36.0. The molecule has 2 aromatic carbocycles. The van der Waals surface area contributed by atoms with Crippen molar-refractivity contribution in [1.29, 1.82) is 0 Å². The molecule has 0 aromatic heterocycles. The third kappa shape index (κ3) is 2.24. The number of phenols is 1. The van der Waals surface area contributed by atoms with E-state index in [0.717, 1.165) is 25.8 Å². The first-order valence-corrected chi connectivity index (χ1v) is 10.9. The number of likely N-dealkylation sites (tertiary alicyclic amines) is 1. The fraction of sp³-hybridized carbons (Fsp3) is 0.480. The van der Waals surface area contributed by atoms with Crippen LogP contribution in [0.1, 0.15) is 42.4 Å². The molecule has 5 nitrogen and oxygen atoms in total. The molecule has 2 bridgehead atoms. The summed E-state index contributed by atoms with van der Waals surface area (Å²) in [5.41, 5.74) is 3.45. The van der Waals surface area contributed by atoms with Crippen molar-refractivity contribution in [3.05, 3.63) is 59.2 Å². The summed E-state index contributed by atoms with van der Waals surface area (Å²) in [6.07, 6.45) is 2.23. The average molecular weight is 405 g/mol. The second-order valence-electron chi connectivity index (χ2n) is 9.46. The van der Waals surface area contributed by atoms with E-state index in [1.165, 1.54) is 23.6 Å². The second-order valence-corrected chi connectivity index (χ2v) is 9.46. The van der Waals surface area contributed by atoms with Crippen molar-refractivity contribution in [3.63, 3.8) is 0 Å². The lowest BCUT2D eigenvalue weighted by molar-refractivity contribution is -0.167. The summed E-state index contributed by atoms with van der Waals surface area (Å²) in [7, 11) is 2.23. The molecule has 0 radical (unpaired) electrons. The molecule has 156 valence electrons. The SMILES string of the molecule is CC(=O)O[C@H]1[C@@H](c2ccccc2)C[C@H]2[C@H]3Cc4ccc(O)c5c4[C@@]2(CCN3C)[C@H]1O5. The number of likely N-dealkylation sites (N-methyl/N-ethyl adjacent to an activating group) is 1. The van der Waals surface area contributed by atoms with Crippen molar-refractivity contribution < 1.29 is 19.4 Å². The number of benzene rings is 2. The van der Waals surface area contributed by atoms with Crippen molar-refractivity contribution in [2.24, 2.45) is 5.92 Å². The first-order valence-electron chi connectivity index (χ1n) is 10.9. The summed E-state index contributed by atoms with van der Waals surface area (Å²) < 4.78 is 12.6. The number of hydrogen-bond donors (Lipinski definition) is 1. The molecular weight excluding hydrogens is 378 g/mol.